The first-order chi connectivity index (χ1) is 9.01. The summed E-state index contributed by atoms with van der Waals surface area (Å²) in [6.45, 7) is 4.47. The predicted molar refractivity (Wildman–Crippen MR) is 76.4 cm³/mol. The lowest BCUT2D eigenvalue weighted by molar-refractivity contribution is -0.146. The van der Waals surface area contributed by atoms with Gasteiger partial charge in [-0.2, -0.15) is 0 Å². The van der Waals surface area contributed by atoms with Crippen LogP contribution in [0.5, 0.6) is 0 Å². The fraction of sp³-hybridized carbons (Fsp3) is 0.500. The third-order valence-corrected chi connectivity index (χ3v) is 4.32. The van der Waals surface area contributed by atoms with Crippen LogP contribution in [0.4, 0.5) is 0 Å². The number of nitrogens with zero attached hydrogens (tertiary/aromatic N) is 1. The molecule has 0 aromatic heterocycles. The van der Waals surface area contributed by atoms with E-state index in [2.05, 4.69) is 11.8 Å². The topological polar surface area (TPSA) is 29.5 Å². The second-order valence-corrected chi connectivity index (χ2v) is 5.86. The summed E-state index contributed by atoms with van der Waals surface area (Å²) in [6, 6.07) is 5.64. The molecule has 0 radical (unpaired) electrons. The highest BCUT2D eigenvalue weighted by atomic mass is 35.5. The molecule has 0 saturated carbocycles. The van der Waals surface area contributed by atoms with Crippen LogP contribution in [-0.2, 0) is 16.1 Å². The molecule has 1 heterocycles. The minimum Gasteiger partial charge on any atom is -0.469 e. The van der Waals surface area contributed by atoms with Crippen molar-refractivity contribution in [3.05, 3.63) is 33.8 Å². The molecule has 1 aromatic rings. The minimum absolute atomic E-state index is 0.0345. The molecule has 0 N–H and O–H groups in total. The van der Waals surface area contributed by atoms with E-state index in [1.165, 1.54) is 7.11 Å². The number of ether oxygens (including phenoxy) is 1. The summed E-state index contributed by atoms with van der Waals surface area (Å²) in [4.78, 5) is 13.9. The Morgan fingerprint density at radius 2 is 2.11 bits per heavy atom. The van der Waals surface area contributed by atoms with Crippen molar-refractivity contribution in [1.29, 1.82) is 0 Å². The molecule has 2 rings (SSSR count). The molecule has 0 spiro atoms. The molecule has 2 unspecified atom stereocenters. The summed E-state index contributed by atoms with van der Waals surface area (Å²) >= 11 is 11.9. The molecule has 0 amide bonds. The second-order valence-electron chi connectivity index (χ2n) is 5.05. The van der Waals surface area contributed by atoms with E-state index in [1.807, 2.05) is 12.1 Å². The Labute approximate surface area is 123 Å². The van der Waals surface area contributed by atoms with Gasteiger partial charge in [-0.25, -0.2) is 0 Å². The number of hydrogen-bond donors (Lipinski definition) is 0. The van der Waals surface area contributed by atoms with E-state index in [4.69, 9.17) is 27.9 Å². The predicted octanol–water partition coefficient (Wildman–Crippen LogP) is 3.23. The maximum absolute atomic E-state index is 11.6. The first-order valence-electron chi connectivity index (χ1n) is 6.25. The summed E-state index contributed by atoms with van der Waals surface area (Å²) in [5.74, 6) is 0.159. The van der Waals surface area contributed by atoms with Crippen molar-refractivity contribution in [2.75, 3.05) is 20.2 Å². The van der Waals surface area contributed by atoms with E-state index >= 15 is 0 Å². The Balaban J connectivity index is 2.01. The Bertz CT molecular complexity index is 479. The van der Waals surface area contributed by atoms with Crippen molar-refractivity contribution in [3.63, 3.8) is 0 Å². The maximum Gasteiger partial charge on any atom is 0.310 e. The third kappa shape index (κ3) is 3.41. The second kappa shape index (κ2) is 6.12. The molecular weight excluding hydrogens is 285 g/mol. The lowest BCUT2D eigenvalue weighted by Gasteiger charge is -2.15. The summed E-state index contributed by atoms with van der Waals surface area (Å²) in [7, 11) is 1.44. The maximum atomic E-state index is 11.6. The fourth-order valence-corrected chi connectivity index (χ4v) is 2.87. The lowest BCUT2D eigenvalue weighted by atomic mass is 9.99. The zero-order chi connectivity index (χ0) is 14.0. The number of benzene rings is 1. The smallest absolute Gasteiger partial charge is 0.310 e. The van der Waals surface area contributed by atoms with Crippen LogP contribution in [0.1, 0.15) is 12.5 Å². The summed E-state index contributed by atoms with van der Waals surface area (Å²) in [5.41, 5.74) is 1.10. The van der Waals surface area contributed by atoms with Crippen LogP contribution in [0.2, 0.25) is 10.0 Å². The zero-order valence-corrected chi connectivity index (χ0v) is 12.5. The molecule has 3 nitrogen and oxygen atoms in total. The van der Waals surface area contributed by atoms with Gasteiger partial charge in [-0.3, -0.25) is 9.69 Å². The van der Waals surface area contributed by atoms with Gasteiger partial charge in [0.1, 0.15) is 0 Å². The number of carbonyl (C=O) groups excluding carboxylic acids is 1. The van der Waals surface area contributed by atoms with Crippen LogP contribution in [0.15, 0.2) is 18.2 Å². The number of halogens is 2. The van der Waals surface area contributed by atoms with Crippen LogP contribution >= 0.6 is 23.2 Å². The monoisotopic (exact) mass is 301 g/mol. The summed E-state index contributed by atoms with van der Waals surface area (Å²) in [6.07, 6.45) is 0. The van der Waals surface area contributed by atoms with Crippen molar-refractivity contribution >= 4 is 29.2 Å². The highest BCUT2D eigenvalue weighted by molar-refractivity contribution is 6.42. The van der Waals surface area contributed by atoms with Crippen LogP contribution < -0.4 is 0 Å². The van der Waals surface area contributed by atoms with Gasteiger partial charge in [-0.1, -0.05) is 36.2 Å². The van der Waals surface area contributed by atoms with Crippen LogP contribution in [0, 0.1) is 11.8 Å². The molecule has 1 fully saturated rings. The Morgan fingerprint density at radius 1 is 1.37 bits per heavy atom. The van der Waals surface area contributed by atoms with Crippen molar-refractivity contribution < 1.29 is 9.53 Å². The fourth-order valence-electron chi connectivity index (χ4n) is 2.55. The van der Waals surface area contributed by atoms with Gasteiger partial charge in [-0.15, -0.1) is 0 Å². The Kier molecular flexibility index (Phi) is 4.71. The van der Waals surface area contributed by atoms with E-state index in [0.29, 0.717) is 16.0 Å². The molecule has 1 aliphatic heterocycles. The Hall–Kier alpha value is -0.770. The summed E-state index contributed by atoms with van der Waals surface area (Å²) < 4.78 is 4.83. The number of hydrogen-bond acceptors (Lipinski definition) is 3. The third-order valence-electron chi connectivity index (χ3n) is 3.58. The average molecular weight is 302 g/mol. The van der Waals surface area contributed by atoms with E-state index < -0.39 is 0 Å². The molecule has 5 heteroatoms. The minimum atomic E-state index is -0.121. The molecule has 1 aliphatic rings. The first kappa shape index (κ1) is 14.6. The van der Waals surface area contributed by atoms with Gasteiger partial charge < -0.3 is 4.74 Å². The van der Waals surface area contributed by atoms with Crippen LogP contribution in [0.3, 0.4) is 0 Å². The highest BCUT2D eigenvalue weighted by Crippen LogP contribution is 2.27. The quantitative estimate of drug-likeness (QED) is 0.803. The normalized spacial score (nSPS) is 23.6. The van der Waals surface area contributed by atoms with Gasteiger partial charge in [0.25, 0.3) is 0 Å². The standard InChI is InChI=1S/C14H17Cl2NO2/c1-9-6-17(8-11(9)14(18)19-2)7-10-3-4-12(15)13(16)5-10/h3-5,9,11H,6-8H2,1-2H3. The molecule has 104 valence electrons. The van der Waals surface area contributed by atoms with E-state index in [9.17, 15) is 4.79 Å². The molecule has 0 aliphatic carbocycles. The van der Waals surface area contributed by atoms with Gasteiger partial charge in [0.2, 0.25) is 0 Å². The van der Waals surface area contributed by atoms with Gasteiger partial charge in [-0.05, 0) is 23.6 Å². The van der Waals surface area contributed by atoms with Gasteiger partial charge >= 0.3 is 5.97 Å². The van der Waals surface area contributed by atoms with Crippen molar-refractivity contribution in [1.82, 2.24) is 4.90 Å². The molecule has 0 bridgehead atoms. The van der Waals surface area contributed by atoms with Gasteiger partial charge in [0.15, 0.2) is 0 Å². The highest BCUT2D eigenvalue weighted by Gasteiger charge is 2.35. The number of carbonyl (C=O) groups is 1. The Morgan fingerprint density at radius 3 is 2.74 bits per heavy atom. The number of methoxy groups -OCH3 is 1. The average Bonchev–Trinajstić information content (AvgIpc) is 2.74. The SMILES string of the molecule is COC(=O)C1CN(Cc2ccc(Cl)c(Cl)c2)CC1C. The number of rotatable bonds is 3. The molecule has 19 heavy (non-hydrogen) atoms. The molecule has 1 aromatic carbocycles. The molecular formula is C14H17Cl2NO2. The lowest BCUT2D eigenvalue weighted by Crippen LogP contribution is -2.24. The van der Waals surface area contributed by atoms with E-state index in [0.717, 1.165) is 25.2 Å². The van der Waals surface area contributed by atoms with Gasteiger partial charge in [0.05, 0.1) is 23.1 Å². The van der Waals surface area contributed by atoms with E-state index in [1.54, 1.807) is 6.07 Å². The van der Waals surface area contributed by atoms with Crippen LogP contribution in [-0.4, -0.2) is 31.1 Å². The zero-order valence-electron chi connectivity index (χ0n) is 11.0. The number of esters is 1. The van der Waals surface area contributed by atoms with E-state index in [-0.39, 0.29) is 11.9 Å². The molecule has 1 saturated heterocycles. The number of likely N-dealkylation sites (tertiary alicyclic amines) is 1. The van der Waals surface area contributed by atoms with Gasteiger partial charge in [0, 0.05) is 19.6 Å². The molecule has 2 atom stereocenters. The summed E-state index contributed by atoms with van der Waals surface area (Å²) in [5, 5.41) is 1.13. The van der Waals surface area contributed by atoms with Crippen molar-refractivity contribution in [2.45, 2.75) is 13.5 Å². The first-order valence-corrected chi connectivity index (χ1v) is 7.01. The van der Waals surface area contributed by atoms with Crippen LogP contribution in [0.25, 0.3) is 0 Å². The van der Waals surface area contributed by atoms with Crippen molar-refractivity contribution in [3.8, 4) is 0 Å². The largest absolute Gasteiger partial charge is 0.469 e. The van der Waals surface area contributed by atoms with Crippen molar-refractivity contribution in [2.24, 2.45) is 11.8 Å².